The van der Waals surface area contributed by atoms with E-state index in [0.717, 1.165) is 0 Å². The van der Waals surface area contributed by atoms with E-state index in [1.165, 1.54) is 6.33 Å². The molecular weight excluding hydrogens is 213 g/mol. The maximum atomic E-state index is 5.83. The van der Waals surface area contributed by atoms with E-state index < -0.39 is 0 Å². The van der Waals surface area contributed by atoms with Gasteiger partial charge in [-0.2, -0.15) is 0 Å². The standard InChI is InChI=1S/C7H9Cl2N3O/c1-4(2-13-10)5-6(8)11-3-12-7(5)9/h3-4H,2,10H2,1H3. The number of aromatic nitrogens is 2. The molecule has 0 bridgehead atoms. The molecule has 1 atom stereocenters. The first-order valence-corrected chi connectivity index (χ1v) is 4.40. The van der Waals surface area contributed by atoms with Gasteiger partial charge in [-0.15, -0.1) is 0 Å². The maximum absolute atomic E-state index is 5.83. The zero-order chi connectivity index (χ0) is 9.84. The van der Waals surface area contributed by atoms with Gasteiger partial charge in [0.05, 0.1) is 6.61 Å². The van der Waals surface area contributed by atoms with Crippen molar-refractivity contribution in [1.82, 2.24) is 9.97 Å². The van der Waals surface area contributed by atoms with E-state index in [1.807, 2.05) is 6.92 Å². The number of hydrogen-bond donors (Lipinski definition) is 1. The summed E-state index contributed by atoms with van der Waals surface area (Å²) in [5, 5.41) is 0.675. The number of hydrogen-bond acceptors (Lipinski definition) is 4. The Balaban J connectivity index is 2.98. The first-order valence-electron chi connectivity index (χ1n) is 3.64. The van der Waals surface area contributed by atoms with Crippen LogP contribution in [0.25, 0.3) is 0 Å². The Labute approximate surface area is 86.0 Å². The topological polar surface area (TPSA) is 61.0 Å². The van der Waals surface area contributed by atoms with E-state index in [-0.39, 0.29) is 5.92 Å². The van der Waals surface area contributed by atoms with E-state index >= 15 is 0 Å². The Kier molecular flexibility index (Phi) is 3.87. The Hall–Kier alpha value is -0.420. The normalized spacial score (nSPS) is 12.9. The lowest BCUT2D eigenvalue weighted by atomic mass is 10.1. The predicted octanol–water partition coefficient (Wildman–Crippen LogP) is 1.78. The molecule has 1 aromatic heterocycles. The molecule has 0 saturated carbocycles. The van der Waals surface area contributed by atoms with Crippen molar-refractivity contribution in [2.75, 3.05) is 6.61 Å². The molecule has 0 saturated heterocycles. The summed E-state index contributed by atoms with van der Waals surface area (Å²) in [6.45, 7) is 2.20. The predicted molar refractivity (Wildman–Crippen MR) is 50.6 cm³/mol. The minimum atomic E-state index is -0.0220. The Morgan fingerprint density at radius 1 is 1.46 bits per heavy atom. The van der Waals surface area contributed by atoms with Crippen molar-refractivity contribution in [1.29, 1.82) is 0 Å². The monoisotopic (exact) mass is 221 g/mol. The van der Waals surface area contributed by atoms with Gasteiger partial charge in [-0.1, -0.05) is 30.1 Å². The molecule has 0 aliphatic heterocycles. The molecule has 0 amide bonds. The van der Waals surface area contributed by atoms with E-state index in [2.05, 4.69) is 14.8 Å². The summed E-state index contributed by atoms with van der Waals surface area (Å²) in [6, 6.07) is 0. The SMILES string of the molecule is CC(CON)c1c(Cl)ncnc1Cl. The van der Waals surface area contributed by atoms with Crippen LogP contribution in [0.5, 0.6) is 0 Å². The highest BCUT2D eigenvalue weighted by atomic mass is 35.5. The van der Waals surface area contributed by atoms with Gasteiger partial charge in [-0.05, 0) is 0 Å². The van der Waals surface area contributed by atoms with Crippen molar-refractivity contribution in [2.45, 2.75) is 12.8 Å². The average molecular weight is 222 g/mol. The molecular formula is C7H9Cl2N3O. The van der Waals surface area contributed by atoms with Gasteiger partial charge in [0.25, 0.3) is 0 Å². The third-order valence-corrected chi connectivity index (χ3v) is 2.23. The number of halogens is 2. The average Bonchev–Trinajstić information content (AvgIpc) is 2.04. The van der Waals surface area contributed by atoms with Crippen molar-refractivity contribution >= 4 is 23.2 Å². The van der Waals surface area contributed by atoms with Gasteiger partial charge in [0.15, 0.2) is 0 Å². The van der Waals surface area contributed by atoms with Crippen LogP contribution in [0.1, 0.15) is 18.4 Å². The van der Waals surface area contributed by atoms with Crippen LogP contribution in [0.4, 0.5) is 0 Å². The van der Waals surface area contributed by atoms with Gasteiger partial charge in [0, 0.05) is 11.5 Å². The lowest BCUT2D eigenvalue weighted by Crippen LogP contribution is -2.10. The van der Waals surface area contributed by atoms with Crippen LogP contribution >= 0.6 is 23.2 Å². The second-order valence-electron chi connectivity index (χ2n) is 2.60. The maximum Gasteiger partial charge on any atom is 0.137 e. The Morgan fingerprint density at radius 3 is 2.46 bits per heavy atom. The number of nitrogens with two attached hydrogens (primary N) is 1. The summed E-state index contributed by atoms with van der Waals surface area (Å²) in [5.74, 6) is 4.92. The third kappa shape index (κ3) is 2.51. The number of rotatable bonds is 3. The molecule has 1 unspecified atom stereocenters. The Morgan fingerprint density at radius 2 is 2.00 bits per heavy atom. The van der Waals surface area contributed by atoms with Crippen molar-refractivity contribution in [2.24, 2.45) is 5.90 Å². The minimum Gasteiger partial charge on any atom is -0.304 e. The molecule has 0 radical (unpaired) electrons. The van der Waals surface area contributed by atoms with Crippen LogP contribution in [0, 0.1) is 0 Å². The van der Waals surface area contributed by atoms with Crippen molar-refractivity contribution in [3.05, 3.63) is 22.2 Å². The first kappa shape index (κ1) is 10.7. The molecule has 13 heavy (non-hydrogen) atoms. The van der Waals surface area contributed by atoms with Crippen LogP contribution in [0.15, 0.2) is 6.33 Å². The second-order valence-corrected chi connectivity index (χ2v) is 3.32. The summed E-state index contributed by atoms with van der Waals surface area (Å²) in [6.07, 6.45) is 1.31. The van der Waals surface area contributed by atoms with Crippen LogP contribution < -0.4 is 5.90 Å². The second kappa shape index (κ2) is 4.72. The van der Waals surface area contributed by atoms with Gasteiger partial charge in [0.2, 0.25) is 0 Å². The van der Waals surface area contributed by atoms with Crippen LogP contribution in [-0.2, 0) is 4.84 Å². The molecule has 0 aliphatic rings. The van der Waals surface area contributed by atoms with E-state index in [9.17, 15) is 0 Å². The highest BCUT2D eigenvalue weighted by molar-refractivity contribution is 6.34. The van der Waals surface area contributed by atoms with Gasteiger partial charge >= 0.3 is 0 Å². The van der Waals surface area contributed by atoms with Gasteiger partial charge in [0.1, 0.15) is 16.6 Å². The Bertz CT molecular complexity index is 275. The van der Waals surface area contributed by atoms with Crippen molar-refractivity contribution < 1.29 is 4.84 Å². The zero-order valence-electron chi connectivity index (χ0n) is 7.00. The first-order chi connectivity index (χ1) is 6.16. The van der Waals surface area contributed by atoms with Gasteiger partial charge < -0.3 is 4.84 Å². The summed E-state index contributed by atoms with van der Waals surface area (Å²) in [7, 11) is 0. The molecule has 1 rings (SSSR count). The summed E-state index contributed by atoms with van der Waals surface area (Å²) in [4.78, 5) is 12.1. The largest absolute Gasteiger partial charge is 0.304 e. The summed E-state index contributed by atoms with van der Waals surface area (Å²) >= 11 is 11.7. The molecule has 0 aromatic carbocycles. The molecule has 0 fully saturated rings. The highest BCUT2D eigenvalue weighted by Crippen LogP contribution is 2.27. The molecule has 2 N–H and O–H groups in total. The third-order valence-electron chi connectivity index (χ3n) is 1.63. The summed E-state index contributed by atoms with van der Waals surface area (Å²) < 4.78 is 0. The van der Waals surface area contributed by atoms with E-state index in [1.54, 1.807) is 0 Å². The minimum absolute atomic E-state index is 0.0220. The molecule has 6 heteroatoms. The fourth-order valence-electron chi connectivity index (χ4n) is 0.989. The van der Waals surface area contributed by atoms with Crippen LogP contribution in [0.2, 0.25) is 10.3 Å². The summed E-state index contributed by atoms with van der Waals surface area (Å²) in [5.41, 5.74) is 0.663. The lowest BCUT2D eigenvalue weighted by Gasteiger charge is -2.11. The van der Waals surface area contributed by atoms with Gasteiger partial charge in [-0.25, -0.2) is 15.9 Å². The zero-order valence-corrected chi connectivity index (χ0v) is 8.51. The molecule has 0 spiro atoms. The lowest BCUT2D eigenvalue weighted by molar-refractivity contribution is 0.126. The molecule has 72 valence electrons. The van der Waals surface area contributed by atoms with E-state index in [0.29, 0.717) is 22.5 Å². The van der Waals surface area contributed by atoms with Crippen molar-refractivity contribution in [3.8, 4) is 0 Å². The van der Waals surface area contributed by atoms with E-state index in [4.69, 9.17) is 29.1 Å². The fraction of sp³-hybridized carbons (Fsp3) is 0.429. The number of nitrogens with zero attached hydrogens (tertiary/aromatic N) is 2. The smallest absolute Gasteiger partial charge is 0.137 e. The fourth-order valence-corrected chi connectivity index (χ4v) is 1.68. The van der Waals surface area contributed by atoms with Gasteiger partial charge in [-0.3, -0.25) is 0 Å². The van der Waals surface area contributed by atoms with Crippen LogP contribution in [0.3, 0.4) is 0 Å². The molecule has 1 heterocycles. The highest BCUT2D eigenvalue weighted by Gasteiger charge is 2.15. The van der Waals surface area contributed by atoms with Crippen molar-refractivity contribution in [3.63, 3.8) is 0 Å². The quantitative estimate of drug-likeness (QED) is 0.625. The van der Waals surface area contributed by atoms with Crippen LogP contribution in [-0.4, -0.2) is 16.6 Å². The molecule has 1 aromatic rings. The molecule has 4 nitrogen and oxygen atoms in total. The molecule has 0 aliphatic carbocycles.